The van der Waals surface area contributed by atoms with Crippen molar-refractivity contribution in [2.45, 2.75) is 78.9 Å². The smallest absolute Gasteiger partial charge is 0.419 e. The number of benzene rings is 2. The highest BCUT2D eigenvalue weighted by Gasteiger charge is 2.25. The number of aromatic nitrogens is 1. The monoisotopic (exact) mass is 553 g/mol. The number of esters is 1. The minimum Gasteiger partial charge on any atom is -0.457 e. The zero-order chi connectivity index (χ0) is 27.1. The lowest BCUT2D eigenvalue weighted by Crippen LogP contribution is -2.27. The van der Waals surface area contributed by atoms with Crippen molar-refractivity contribution in [3.63, 3.8) is 0 Å². The predicted molar refractivity (Wildman–Crippen MR) is 150 cm³/mol. The second-order valence-electron chi connectivity index (χ2n) is 11.9. The molecule has 5 nitrogen and oxygen atoms in total. The van der Waals surface area contributed by atoms with Crippen molar-refractivity contribution in [2.24, 2.45) is 0 Å². The van der Waals surface area contributed by atoms with Crippen LogP contribution in [0.2, 0.25) is 0 Å². The predicted octanol–water partition coefficient (Wildman–Crippen LogP) is 8.51. The molecular formula is C30H36BrNO4. The highest BCUT2D eigenvalue weighted by molar-refractivity contribution is 9.10. The maximum Gasteiger partial charge on any atom is 0.419 e. The van der Waals surface area contributed by atoms with Crippen LogP contribution in [0.4, 0.5) is 4.79 Å². The molecule has 0 spiro atoms. The normalized spacial score (nSPS) is 12.8. The highest BCUT2D eigenvalue weighted by Crippen LogP contribution is 2.37. The highest BCUT2D eigenvalue weighted by atomic mass is 79.9. The van der Waals surface area contributed by atoms with Crippen molar-refractivity contribution < 1.29 is 19.1 Å². The van der Waals surface area contributed by atoms with Crippen LogP contribution in [-0.4, -0.2) is 27.8 Å². The van der Waals surface area contributed by atoms with Crippen molar-refractivity contribution in [1.29, 1.82) is 0 Å². The van der Waals surface area contributed by atoms with Crippen LogP contribution in [-0.2, 0) is 19.7 Å². The van der Waals surface area contributed by atoms with Crippen molar-refractivity contribution in [2.75, 3.05) is 0 Å². The van der Waals surface area contributed by atoms with Crippen molar-refractivity contribution in [3.05, 3.63) is 64.1 Å². The molecule has 6 heteroatoms. The summed E-state index contributed by atoms with van der Waals surface area (Å²) in [7, 11) is 0. The Hall–Kier alpha value is -2.86. The molecule has 0 saturated carbocycles. The van der Waals surface area contributed by atoms with Crippen LogP contribution >= 0.6 is 15.9 Å². The SMILES string of the molecule is CC(C)(C)OC(=O)/C=C/c1ccc2c(cc(-c3cccc(C(C)(C)C)c3)n2C(=O)OC(C)(C)C)c1Br. The van der Waals surface area contributed by atoms with E-state index in [1.807, 2.05) is 71.9 Å². The van der Waals surface area contributed by atoms with E-state index >= 15 is 0 Å². The topological polar surface area (TPSA) is 57.5 Å². The van der Waals surface area contributed by atoms with E-state index in [0.717, 1.165) is 26.7 Å². The van der Waals surface area contributed by atoms with E-state index in [0.29, 0.717) is 5.52 Å². The van der Waals surface area contributed by atoms with Gasteiger partial charge in [-0.1, -0.05) is 45.0 Å². The van der Waals surface area contributed by atoms with Gasteiger partial charge in [-0.25, -0.2) is 14.2 Å². The number of hydrogen-bond acceptors (Lipinski definition) is 4. The van der Waals surface area contributed by atoms with Crippen molar-refractivity contribution in [1.82, 2.24) is 4.57 Å². The van der Waals surface area contributed by atoms with Gasteiger partial charge in [0.2, 0.25) is 0 Å². The molecule has 3 rings (SSSR count). The van der Waals surface area contributed by atoms with E-state index in [2.05, 4.69) is 48.8 Å². The van der Waals surface area contributed by atoms with Gasteiger partial charge in [0.15, 0.2) is 0 Å². The van der Waals surface area contributed by atoms with Crippen LogP contribution < -0.4 is 0 Å². The number of halogens is 1. The van der Waals surface area contributed by atoms with Gasteiger partial charge in [-0.05, 0) is 104 Å². The van der Waals surface area contributed by atoms with E-state index in [4.69, 9.17) is 9.47 Å². The van der Waals surface area contributed by atoms with Crippen LogP contribution in [0.15, 0.2) is 53.0 Å². The number of nitrogens with zero attached hydrogens (tertiary/aromatic N) is 1. The molecule has 1 heterocycles. The molecule has 0 amide bonds. The van der Waals surface area contributed by atoms with Crippen LogP contribution in [0.25, 0.3) is 28.2 Å². The van der Waals surface area contributed by atoms with Gasteiger partial charge in [-0.2, -0.15) is 0 Å². The number of carbonyl (C=O) groups excluding carboxylic acids is 2. The summed E-state index contributed by atoms with van der Waals surface area (Å²) in [5.74, 6) is -0.416. The fourth-order valence-corrected chi connectivity index (χ4v) is 4.33. The number of fused-ring (bicyclic) bond motifs is 1. The lowest BCUT2D eigenvalue weighted by Gasteiger charge is -2.22. The molecule has 0 fully saturated rings. The van der Waals surface area contributed by atoms with Crippen LogP contribution in [0, 0.1) is 0 Å². The molecule has 2 aromatic carbocycles. The maximum atomic E-state index is 13.4. The Labute approximate surface area is 222 Å². The Kier molecular flexibility index (Phi) is 7.62. The van der Waals surface area contributed by atoms with E-state index < -0.39 is 23.3 Å². The average molecular weight is 555 g/mol. The Bertz CT molecular complexity index is 1330. The third-order valence-corrected chi connectivity index (χ3v) is 6.24. The van der Waals surface area contributed by atoms with E-state index in [9.17, 15) is 9.59 Å². The molecule has 0 unspecified atom stereocenters. The first-order valence-corrected chi connectivity index (χ1v) is 12.8. The van der Waals surface area contributed by atoms with Gasteiger partial charge >= 0.3 is 12.1 Å². The second kappa shape index (κ2) is 9.89. The third kappa shape index (κ3) is 6.67. The van der Waals surface area contributed by atoms with Crippen molar-refractivity contribution in [3.8, 4) is 11.3 Å². The lowest BCUT2D eigenvalue weighted by atomic mass is 9.86. The molecule has 0 aliphatic rings. The summed E-state index contributed by atoms with van der Waals surface area (Å²) in [5.41, 5.74) is 3.07. The summed E-state index contributed by atoms with van der Waals surface area (Å²) in [6, 6.07) is 13.9. The Morgan fingerprint density at radius 2 is 1.50 bits per heavy atom. The number of hydrogen-bond donors (Lipinski definition) is 0. The second-order valence-corrected chi connectivity index (χ2v) is 12.7. The lowest BCUT2D eigenvalue weighted by molar-refractivity contribution is -0.148. The summed E-state index contributed by atoms with van der Waals surface area (Å²) in [6.07, 6.45) is 2.68. The molecule has 0 aliphatic carbocycles. The van der Waals surface area contributed by atoms with Crippen LogP contribution in [0.3, 0.4) is 0 Å². The van der Waals surface area contributed by atoms with Gasteiger partial charge in [0.05, 0.1) is 11.2 Å². The van der Waals surface area contributed by atoms with Crippen molar-refractivity contribution >= 4 is 45.0 Å². The summed E-state index contributed by atoms with van der Waals surface area (Å²) >= 11 is 3.70. The summed E-state index contributed by atoms with van der Waals surface area (Å²) in [5, 5.41) is 0.836. The molecule has 192 valence electrons. The number of rotatable bonds is 3. The first-order valence-electron chi connectivity index (χ1n) is 12.1. The fraction of sp³-hybridized carbons (Fsp3) is 0.400. The van der Waals surface area contributed by atoms with Gasteiger partial charge in [0, 0.05) is 15.9 Å². The number of ether oxygens (including phenoxy) is 2. The Morgan fingerprint density at radius 3 is 2.08 bits per heavy atom. The molecule has 0 aliphatic heterocycles. The van der Waals surface area contributed by atoms with Gasteiger partial charge in [-0.15, -0.1) is 0 Å². The average Bonchev–Trinajstić information content (AvgIpc) is 3.11. The van der Waals surface area contributed by atoms with Gasteiger partial charge in [-0.3, -0.25) is 0 Å². The minimum atomic E-state index is -0.647. The summed E-state index contributed by atoms with van der Waals surface area (Å²) in [4.78, 5) is 25.6. The standard InChI is InChI=1S/C30H36BrNO4/c1-28(2,3)21-12-10-11-20(17-21)24-18-22-23(32(24)27(34)36-30(7,8)9)15-13-19(26(22)31)14-16-25(33)35-29(4,5)6/h10-18H,1-9H3/b16-14+. The number of carbonyl (C=O) groups is 2. The molecule has 0 saturated heterocycles. The molecule has 0 radical (unpaired) electrons. The van der Waals surface area contributed by atoms with E-state index in [-0.39, 0.29) is 5.41 Å². The Balaban J connectivity index is 2.18. The molecule has 0 bridgehead atoms. The summed E-state index contributed by atoms with van der Waals surface area (Å²) < 4.78 is 13.5. The molecular weight excluding hydrogens is 518 g/mol. The zero-order valence-corrected chi connectivity index (χ0v) is 24.2. The quantitative estimate of drug-likeness (QED) is 0.241. The zero-order valence-electron chi connectivity index (χ0n) is 22.7. The van der Waals surface area contributed by atoms with Gasteiger partial charge in [0.1, 0.15) is 11.2 Å². The van der Waals surface area contributed by atoms with Gasteiger partial charge < -0.3 is 9.47 Å². The molecule has 0 atom stereocenters. The van der Waals surface area contributed by atoms with E-state index in [1.54, 1.807) is 10.6 Å². The first kappa shape index (κ1) is 27.7. The molecule has 3 aromatic rings. The van der Waals surface area contributed by atoms with Crippen LogP contribution in [0.5, 0.6) is 0 Å². The van der Waals surface area contributed by atoms with Gasteiger partial charge in [0.25, 0.3) is 0 Å². The third-order valence-electron chi connectivity index (χ3n) is 5.36. The van der Waals surface area contributed by atoms with Crippen LogP contribution in [0.1, 0.15) is 73.4 Å². The fourth-order valence-electron chi connectivity index (χ4n) is 3.75. The Morgan fingerprint density at radius 1 is 0.861 bits per heavy atom. The summed E-state index contributed by atoms with van der Waals surface area (Å²) in [6.45, 7) is 17.5. The molecule has 0 N–H and O–H groups in total. The van der Waals surface area contributed by atoms with E-state index in [1.165, 1.54) is 11.6 Å². The molecule has 36 heavy (non-hydrogen) atoms. The largest absolute Gasteiger partial charge is 0.457 e. The minimum absolute atomic E-state index is 0.0427. The molecule has 1 aromatic heterocycles. The maximum absolute atomic E-state index is 13.4. The first-order chi connectivity index (χ1) is 16.5.